The number of carboxylic acid groups (broad SMARTS) is 1. The molecule has 0 heterocycles. The van der Waals surface area contributed by atoms with E-state index in [0.29, 0.717) is 5.92 Å². The van der Waals surface area contributed by atoms with Crippen LogP contribution < -0.4 is 0 Å². The van der Waals surface area contributed by atoms with E-state index in [9.17, 15) is 15.0 Å². The van der Waals surface area contributed by atoms with Crippen LogP contribution in [0.15, 0.2) is 12.2 Å². The highest BCUT2D eigenvalue weighted by Gasteiger charge is 2.71. The molecule has 4 aliphatic rings. The van der Waals surface area contributed by atoms with Crippen LogP contribution in [0.25, 0.3) is 0 Å². The number of aliphatic hydroxyl groups is 1. The van der Waals surface area contributed by atoms with Crippen LogP contribution in [0.1, 0.15) is 78.6 Å². The summed E-state index contributed by atoms with van der Waals surface area (Å²) in [4.78, 5) is 12.2. The summed E-state index contributed by atoms with van der Waals surface area (Å²) in [5.41, 5.74) is -0.207. The third-order valence-electron chi connectivity index (χ3n) is 9.67. The molecule has 4 rings (SSSR count). The maximum atomic E-state index is 12.2. The van der Waals surface area contributed by atoms with Gasteiger partial charge in [0.15, 0.2) is 0 Å². The first kappa shape index (κ1) is 16.6. The van der Waals surface area contributed by atoms with Crippen LogP contribution in [0.4, 0.5) is 0 Å². The second-order valence-electron chi connectivity index (χ2n) is 10.2. The van der Waals surface area contributed by atoms with Crippen LogP contribution in [0.3, 0.4) is 0 Å². The van der Waals surface area contributed by atoms with E-state index in [0.717, 1.165) is 63.4 Å². The zero-order chi connectivity index (χ0) is 17.6. The maximum Gasteiger partial charge on any atom is 0.309 e. The molecule has 4 saturated carbocycles. The minimum atomic E-state index is -0.647. The van der Waals surface area contributed by atoms with Crippen molar-refractivity contribution in [1.82, 2.24) is 0 Å². The normalized spacial score (nSPS) is 56.5. The van der Waals surface area contributed by atoms with Crippen molar-refractivity contribution in [3.05, 3.63) is 12.2 Å². The van der Waals surface area contributed by atoms with E-state index in [1.165, 1.54) is 0 Å². The van der Waals surface area contributed by atoms with Gasteiger partial charge in [0.05, 0.1) is 11.0 Å². The Morgan fingerprint density at radius 3 is 2.50 bits per heavy atom. The Hall–Kier alpha value is -0.830. The van der Waals surface area contributed by atoms with E-state index < -0.39 is 17.0 Å². The third-order valence-corrected chi connectivity index (χ3v) is 9.67. The van der Waals surface area contributed by atoms with E-state index in [1.807, 2.05) is 6.92 Å². The molecule has 4 fully saturated rings. The summed E-state index contributed by atoms with van der Waals surface area (Å²) >= 11 is 0. The van der Waals surface area contributed by atoms with Crippen LogP contribution in [-0.2, 0) is 4.79 Å². The number of aliphatic carboxylic acids is 1. The van der Waals surface area contributed by atoms with Crippen molar-refractivity contribution in [2.75, 3.05) is 0 Å². The van der Waals surface area contributed by atoms with E-state index in [2.05, 4.69) is 20.4 Å². The molecule has 0 radical (unpaired) electrons. The molecule has 2 N–H and O–H groups in total. The Morgan fingerprint density at radius 2 is 1.83 bits per heavy atom. The zero-order valence-corrected chi connectivity index (χ0v) is 15.5. The second-order valence-corrected chi connectivity index (χ2v) is 10.2. The molecule has 0 aliphatic heterocycles. The van der Waals surface area contributed by atoms with Gasteiger partial charge < -0.3 is 10.2 Å². The minimum Gasteiger partial charge on any atom is -0.481 e. The van der Waals surface area contributed by atoms with E-state index in [1.54, 1.807) is 0 Å². The van der Waals surface area contributed by atoms with Gasteiger partial charge in [-0.15, -0.1) is 0 Å². The lowest BCUT2D eigenvalue weighted by molar-refractivity contribution is -0.224. The van der Waals surface area contributed by atoms with Crippen LogP contribution in [0, 0.1) is 27.6 Å². The van der Waals surface area contributed by atoms with Gasteiger partial charge >= 0.3 is 5.97 Å². The summed E-state index contributed by atoms with van der Waals surface area (Å²) in [6, 6.07) is 0. The van der Waals surface area contributed by atoms with Gasteiger partial charge in [0.1, 0.15) is 0 Å². The summed E-state index contributed by atoms with van der Waals surface area (Å²) in [6.07, 6.45) is 8.59. The predicted octanol–water partition coefficient (Wildman–Crippen LogP) is 4.55. The Balaban J connectivity index is 1.82. The molecular weight excluding hydrogens is 300 g/mol. The smallest absolute Gasteiger partial charge is 0.309 e. The molecule has 4 aliphatic carbocycles. The van der Waals surface area contributed by atoms with E-state index >= 15 is 0 Å². The summed E-state index contributed by atoms with van der Waals surface area (Å²) in [7, 11) is 0. The number of hydrogen-bond donors (Lipinski definition) is 2. The Kier molecular flexibility index (Phi) is 3.09. The molecule has 0 aromatic heterocycles. The van der Waals surface area contributed by atoms with Gasteiger partial charge in [-0.05, 0) is 86.0 Å². The average Bonchev–Trinajstić information content (AvgIpc) is 2.68. The Morgan fingerprint density at radius 1 is 1.12 bits per heavy atom. The quantitative estimate of drug-likeness (QED) is 0.693. The second kappa shape index (κ2) is 4.47. The molecule has 1 spiro atoms. The molecule has 0 aromatic rings. The van der Waals surface area contributed by atoms with Gasteiger partial charge in [0.2, 0.25) is 0 Å². The fraction of sp³-hybridized carbons (Fsp3) is 0.857. The van der Waals surface area contributed by atoms with Crippen molar-refractivity contribution in [3.63, 3.8) is 0 Å². The molecule has 3 heteroatoms. The zero-order valence-electron chi connectivity index (χ0n) is 15.5. The number of fused-ring (bicyclic) bond motifs is 3. The lowest BCUT2D eigenvalue weighted by atomic mass is 9.35. The summed E-state index contributed by atoms with van der Waals surface area (Å²) in [6.45, 7) is 10.8. The van der Waals surface area contributed by atoms with Gasteiger partial charge in [-0.1, -0.05) is 26.8 Å². The molecule has 24 heavy (non-hydrogen) atoms. The highest BCUT2D eigenvalue weighted by atomic mass is 16.4. The first-order chi connectivity index (χ1) is 11.0. The lowest BCUT2D eigenvalue weighted by Gasteiger charge is -2.69. The van der Waals surface area contributed by atoms with Crippen molar-refractivity contribution < 1.29 is 15.0 Å². The van der Waals surface area contributed by atoms with Crippen LogP contribution in [0.5, 0.6) is 0 Å². The van der Waals surface area contributed by atoms with E-state index in [4.69, 9.17) is 0 Å². The van der Waals surface area contributed by atoms with E-state index in [-0.39, 0.29) is 16.2 Å². The maximum absolute atomic E-state index is 12.2. The van der Waals surface area contributed by atoms with Crippen molar-refractivity contribution in [2.24, 2.45) is 27.6 Å². The SMILES string of the molecule is C=C1C[C@@]23CC[C@]4(C)[C@](C)(C(=O)O)CCC[C@@]4(C)[C@@H]2CC[C@]1(O)C3. The monoisotopic (exact) mass is 332 g/mol. The molecule has 0 amide bonds. The third kappa shape index (κ3) is 1.61. The Labute approximate surface area is 145 Å². The average molecular weight is 332 g/mol. The molecule has 2 bridgehead atoms. The number of hydrogen-bond acceptors (Lipinski definition) is 2. The van der Waals surface area contributed by atoms with Crippen LogP contribution >= 0.6 is 0 Å². The summed E-state index contributed by atoms with van der Waals surface area (Å²) in [5, 5.41) is 21.0. The molecule has 134 valence electrons. The van der Waals surface area contributed by atoms with Crippen molar-refractivity contribution >= 4 is 5.97 Å². The molecule has 3 nitrogen and oxygen atoms in total. The number of carboxylic acids is 1. The van der Waals surface area contributed by atoms with Crippen molar-refractivity contribution in [3.8, 4) is 0 Å². The van der Waals surface area contributed by atoms with Gasteiger partial charge in [0, 0.05) is 0 Å². The Bertz CT molecular complexity index is 627. The summed E-state index contributed by atoms with van der Waals surface area (Å²) < 4.78 is 0. The molecule has 6 atom stereocenters. The van der Waals surface area contributed by atoms with Gasteiger partial charge in [-0.3, -0.25) is 4.79 Å². The van der Waals surface area contributed by atoms with Crippen LogP contribution in [0.2, 0.25) is 0 Å². The van der Waals surface area contributed by atoms with Gasteiger partial charge in [-0.2, -0.15) is 0 Å². The fourth-order valence-electron chi connectivity index (χ4n) is 7.86. The molecular formula is C21H32O3. The van der Waals surface area contributed by atoms with Crippen LogP contribution in [-0.4, -0.2) is 21.8 Å². The predicted molar refractivity (Wildman–Crippen MR) is 93.5 cm³/mol. The van der Waals surface area contributed by atoms with Crippen molar-refractivity contribution in [2.45, 2.75) is 84.2 Å². The number of rotatable bonds is 1. The minimum absolute atomic E-state index is 0.0442. The fourth-order valence-corrected chi connectivity index (χ4v) is 7.86. The van der Waals surface area contributed by atoms with Crippen molar-refractivity contribution in [1.29, 1.82) is 0 Å². The summed E-state index contributed by atoms with van der Waals surface area (Å²) in [5.74, 6) is -0.0997. The largest absolute Gasteiger partial charge is 0.481 e. The van der Waals surface area contributed by atoms with Gasteiger partial charge in [0.25, 0.3) is 0 Å². The first-order valence-corrected chi connectivity index (χ1v) is 9.67. The lowest BCUT2D eigenvalue weighted by Crippen LogP contribution is -2.64. The highest BCUT2D eigenvalue weighted by Crippen LogP contribution is 2.76. The first-order valence-electron chi connectivity index (χ1n) is 9.67. The molecule has 0 unspecified atom stereocenters. The topological polar surface area (TPSA) is 57.5 Å². The van der Waals surface area contributed by atoms with Gasteiger partial charge in [-0.25, -0.2) is 0 Å². The number of carbonyl (C=O) groups is 1. The highest BCUT2D eigenvalue weighted by molar-refractivity contribution is 5.76. The molecule has 0 saturated heterocycles. The standard InChI is InChI=1S/C21H32O3/c1-14-12-20-11-10-19(4)17(2,7-5-8-18(19,3)16(22)23)15(20)6-9-21(14,24)13-20/h15,24H,1,5-13H2,2-4H3,(H,22,23)/t15-,17-,18-,19-,20+,21-/m0/s1. The molecule has 0 aromatic carbocycles.